The second-order valence-corrected chi connectivity index (χ2v) is 9.18. The lowest BCUT2D eigenvalue weighted by molar-refractivity contribution is 0.0207. The van der Waals surface area contributed by atoms with Crippen LogP contribution in [0.4, 0.5) is 5.82 Å². The van der Waals surface area contributed by atoms with E-state index in [2.05, 4.69) is 15.0 Å². The number of hydrogen-bond acceptors (Lipinski definition) is 6. The Kier molecular flexibility index (Phi) is 3.73. The molecule has 2 aromatic heterocycles. The molecule has 2 N–H and O–H groups in total. The fourth-order valence-corrected chi connectivity index (χ4v) is 4.86. The Balaban J connectivity index is 1.54. The molecule has 0 aromatic carbocycles. The molecule has 2 aromatic rings. The molecule has 1 aliphatic carbocycles. The first-order valence-corrected chi connectivity index (χ1v) is 10.1. The first kappa shape index (κ1) is 17.5. The Morgan fingerprint density at radius 2 is 2.00 bits per heavy atom. The molecule has 0 radical (unpaired) electrons. The molecule has 1 aliphatic heterocycles. The highest BCUT2D eigenvalue weighted by molar-refractivity contribution is 7.86. The minimum absolute atomic E-state index is 0.00515. The number of aromatic nitrogens is 3. The van der Waals surface area contributed by atoms with Crippen molar-refractivity contribution in [2.24, 2.45) is 10.6 Å². The van der Waals surface area contributed by atoms with Crippen molar-refractivity contribution in [3.05, 3.63) is 17.6 Å². The molecule has 0 bridgehead atoms. The maximum Gasteiger partial charge on any atom is 0.276 e. The van der Waals surface area contributed by atoms with E-state index in [-0.39, 0.29) is 11.5 Å². The molecular weight excluding hydrogens is 356 g/mol. The highest BCUT2D eigenvalue weighted by Crippen LogP contribution is 2.51. The molecule has 1 saturated carbocycles. The molecule has 2 fully saturated rings. The SMILES string of the molecule is COc1cn2nc(C)nc(N3CC4(CC(N(C)S(N)(=O)=O)C4)C3)c2c1C. The highest BCUT2D eigenvalue weighted by atomic mass is 32.2. The maximum atomic E-state index is 11.5. The average molecular weight is 380 g/mol. The predicted octanol–water partition coefficient (Wildman–Crippen LogP) is 0.459. The van der Waals surface area contributed by atoms with Gasteiger partial charge in [0, 0.05) is 37.2 Å². The van der Waals surface area contributed by atoms with Crippen LogP contribution in [0.25, 0.3) is 5.52 Å². The molecule has 142 valence electrons. The van der Waals surface area contributed by atoms with Gasteiger partial charge in [0.25, 0.3) is 10.2 Å². The number of anilines is 1. The molecule has 2 aliphatic rings. The van der Waals surface area contributed by atoms with E-state index in [4.69, 9.17) is 9.88 Å². The summed E-state index contributed by atoms with van der Waals surface area (Å²) in [5.74, 6) is 2.40. The van der Waals surface area contributed by atoms with E-state index in [0.29, 0.717) is 5.82 Å². The molecule has 1 saturated heterocycles. The zero-order valence-electron chi connectivity index (χ0n) is 15.4. The fourth-order valence-electron chi connectivity index (χ4n) is 4.30. The van der Waals surface area contributed by atoms with Gasteiger partial charge < -0.3 is 9.64 Å². The number of ether oxygens (including phenoxy) is 1. The van der Waals surface area contributed by atoms with Gasteiger partial charge in [-0.2, -0.15) is 17.8 Å². The van der Waals surface area contributed by atoms with Crippen LogP contribution in [0.15, 0.2) is 6.20 Å². The third kappa shape index (κ3) is 2.55. The third-order valence-corrected chi connectivity index (χ3v) is 6.85. The van der Waals surface area contributed by atoms with Gasteiger partial charge in [-0.25, -0.2) is 14.6 Å². The molecule has 4 rings (SSSR count). The van der Waals surface area contributed by atoms with Crippen molar-refractivity contribution >= 4 is 21.5 Å². The van der Waals surface area contributed by atoms with Crippen LogP contribution in [0.5, 0.6) is 5.75 Å². The Morgan fingerprint density at radius 1 is 1.35 bits per heavy atom. The van der Waals surface area contributed by atoms with Crippen LogP contribution in [0.3, 0.4) is 0 Å². The van der Waals surface area contributed by atoms with Crippen molar-refractivity contribution in [1.82, 2.24) is 18.9 Å². The quantitative estimate of drug-likeness (QED) is 0.826. The van der Waals surface area contributed by atoms with Crippen LogP contribution in [0.1, 0.15) is 24.2 Å². The molecule has 0 amide bonds. The molecule has 3 heterocycles. The lowest BCUT2D eigenvalue weighted by Crippen LogP contribution is -2.67. The fraction of sp³-hybridized carbons (Fsp3) is 0.625. The van der Waals surface area contributed by atoms with E-state index >= 15 is 0 Å². The van der Waals surface area contributed by atoms with Crippen molar-refractivity contribution in [1.29, 1.82) is 0 Å². The standard InChI is InChI=1S/C16H24N6O3S/c1-10-13(25-4)7-22-14(10)15(18-11(2)19-22)21-8-16(9-21)5-12(6-16)20(3)26(17,23)24/h7,12H,5-6,8-9H2,1-4H3,(H2,17,23,24). The van der Waals surface area contributed by atoms with Gasteiger partial charge in [0.15, 0.2) is 5.82 Å². The molecule has 10 heteroatoms. The van der Waals surface area contributed by atoms with Crippen LogP contribution >= 0.6 is 0 Å². The Hall–Kier alpha value is -1.91. The number of nitrogens with two attached hydrogens (primary N) is 1. The van der Waals surface area contributed by atoms with Crippen LogP contribution in [0.2, 0.25) is 0 Å². The predicted molar refractivity (Wildman–Crippen MR) is 97.6 cm³/mol. The maximum absolute atomic E-state index is 11.5. The van der Waals surface area contributed by atoms with Crippen molar-refractivity contribution in [2.75, 3.05) is 32.1 Å². The molecule has 26 heavy (non-hydrogen) atoms. The summed E-state index contributed by atoms with van der Waals surface area (Å²) in [5, 5.41) is 9.67. The van der Waals surface area contributed by atoms with Gasteiger partial charge in [0.1, 0.15) is 17.1 Å². The summed E-state index contributed by atoms with van der Waals surface area (Å²) in [5.41, 5.74) is 2.13. The van der Waals surface area contributed by atoms with Crippen molar-refractivity contribution < 1.29 is 13.2 Å². The summed E-state index contributed by atoms with van der Waals surface area (Å²) < 4.78 is 31.5. The van der Waals surface area contributed by atoms with Gasteiger partial charge in [-0.3, -0.25) is 0 Å². The largest absolute Gasteiger partial charge is 0.495 e. The first-order valence-electron chi connectivity index (χ1n) is 8.55. The summed E-state index contributed by atoms with van der Waals surface area (Å²) in [6.07, 6.45) is 3.54. The molecule has 1 spiro atoms. The minimum Gasteiger partial charge on any atom is -0.495 e. The summed E-state index contributed by atoms with van der Waals surface area (Å²) in [6.45, 7) is 5.61. The summed E-state index contributed by atoms with van der Waals surface area (Å²) in [6, 6.07) is -0.00515. The third-order valence-electron chi connectivity index (χ3n) is 5.75. The number of aryl methyl sites for hydroxylation is 2. The van der Waals surface area contributed by atoms with E-state index in [1.807, 2.05) is 24.6 Å². The van der Waals surface area contributed by atoms with Gasteiger partial charge in [-0.05, 0) is 26.7 Å². The molecule has 0 atom stereocenters. The molecule has 9 nitrogen and oxygen atoms in total. The van der Waals surface area contributed by atoms with Crippen LogP contribution < -0.4 is 14.8 Å². The van der Waals surface area contributed by atoms with E-state index in [1.54, 1.807) is 14.2 Å². The van der Waals surface area contributed by atoms with Gasteiger partial charge in [-0.1, -0.05) is 0 Å². The summed E-state index contributed by atoms with van der Waals surface area (Å²) in [4.78, 5) is 6.90. The smallest absolute Gasteiger partial charge is 0.276 e. The van der Waals surface area contributed by atoms with Crippen LogP contribution in [-0.4, -0.2) is 60.6 Å². The Bertz CT molecular complexity index is 972. The van der Waals surface area contributed by atoms with Gasteiger partial charge in [0.05, 0.1) is 13.3 Å². The van der Waals surface area contributed by atoms with E-state index in [1.165, 1.54) is 4.31 Å². The van der Waals surface area contributed by atoms with Gasteiger partial charge >= 0.3 is 0 Å². The normalized spacial score (nSPS) is 19.8. The number of fused-ring (bicyclic) bond motifs is 1. The van der Waals surface area contributed by atoms with E-state index in [9.17, 15) is 8.42 Å². The first-order chi connectivity index (χ1) is 12.1. The average Bonchev–Trinajstić information content (AvgIpc) is 2.79. The number of methoxy groups -OCH3 is 1. The van der Waals surface area contributed by atoms with Gasteiger partial charge in [0.2, 0.25) is 0 Å². The topological polar surface area (TPSA) is 106 Å². The molecular formula is C16H24N6O3S. The molecule has 0 unspecified atom stereocenters. The summed E-state index contributed by atoms with van der Waals surface area (Å²) in [7, 11) is -0.419. The lowest BCUT2D eigenvalue weighted by atomic mass is 9.60. The van der Waals surface area contributed by atoms with Crippen molar-refractivity contribution in [3.63, 3.8) is 0 Å². The minimum atomic E-state index is -3.62. The highest BCUT2D eigenvalue weighted by Gasteiger charge is 2.55. The van der Waals surface area contributed by atoms with Crippen LogP contribution in [0, 0.1) is 19.3 Å². The zero-order chi connectivity index (χ0) is 18.9. The number of rotatable bonds is 4. The van der Waals surface area contributed by atoms with E-state index in [0.717, 1.165) is 48.6 Å². The monoisotopic (exact) mass is 380 g/mol. The van der Waals surface area contributed by atoms with Crippen molar-refractivity contribution in [3.8, 4) is 5.75 Å². The lowest BCUT2D eigenvalue weighted by Gasteiger charge is -2.60. The number of nitrogens with zero attached hydrogens (tertiary/aromatic N) is 5. The van der Waals surface area contributed by atoms with E-state index < -0.39 is 10.2 Å². The second-order valence-electron chi connectivity index (χ2n) is 7.58. The second kappa shape index (κ2) is 5.54. The van der Waals surface area contributed by atoms with Crippen molar-refractivity contribution in [2.45, 2.75) is 32.7 Å². The Labute approximate surface area is 152 Å². The van der Waals surface area contributed by atoms with Crippen LogP contribution in [-0.2, 0) is 10.2 Å². The zero-order valence-corrected chi connectivity index (χ0v) is 16.2. The summed E-state index contributed by atoms with van der Waals surface area (Å²) >= 11 is 0. The Morgan fingerprint density at radius 3 is 2.58 bits per heavy atom. The van der Waals surface area contributed by atoms with Gasteiger partial charge in [-0.15, -0.1) is 0 Å². The number of hydrogen-bond donors (Lipinski definition) is 1.